The van der Waals surface area contributed by atoms with Crippen molar-refractivity contribution >= 4 is 6.26 Å². The zero-order valence-electron chi connectivity index (χ0n) is 7.11. The number of rotatable bonds is 4. The number of hydrogen-bond donors (Lipinski definition) is 0. The standard InChI is InChI=1S/C8H14O/c1-4-5-6-8(2,3)7-9/h4,7H,1,5-6H2,2-3H3/i7D. The molecule has 0 saturated carbocycles. The maximum absolute atomic E-state index is 10.6. The lowest BCUT2D eigenvalue weighted by Gasteiger charge is -2.13. The summed E-state index contributed by atoms with van der Waals surface area (Å²) < 4.78 is 6.89. The third-order valence-electron chi connectivity index (χ3n) is 1.25. The molecule has 0 atom stereocenters. The van der Waals surface area contributed by atoms with Gasteiger partial charge in [-0.2, -0.15) is 0 Å². The Balaban J connectivity index is 3.86. The van der Waals surface area contributed by atoms with Crippen molar-refractivity contribution in [2.45, 2.75) is 26.7 Å². The number of allylic oxidation sites excluding steroid dienone is 1. The topological polar surface area (TPSA) is 17.1 Å². The van der Waals surface area contributed by atoms with E-state index in [1.807, 2.05) is 0 Å². The summed E-state index contributed by atoms with van der Waals surface area (Å²) in [6.07, 6.45) is 2.80. The molecule has 1 heteroatoms. The van der Waals surface area contributed by atoms with Crippen molar-refractivity contribution in [2.24, 2.45) is 5.41 Å². The first-order valence-corrected chi connectivity index (χ1v) is 3.12. The Morgan fingerprint density at radius 3 is 2.67 bits per heavy atom. The molecule has 0 rings (SSSR count). The van der Waals surface area contributed by atoms with Crippen LogP contribution in [0.4, 0.5) is 0 Å². The lowest BCUT2D eigenvalue weighted by molar-refractivity contribution is -0.114. The maximum Gasteiger partial charge on any atom is 0.125 e. The highest BCUT2D eigenvalue weighted by atomic mass is 16.1. The van der Waals surface area contributed by atoms with Gasteiger partial charge in [0.2, 0.25) is 0 Å². The second kappa shape index (κ2) is 3.44. The van der Waals surface area contributed by atoms with Crippen LogP contribution < -0.4 is 0 Å². The van der Waals surface area contributed by atoms with Crippen LogP contribution in [0.2, 0.25) is 0 Å². The number of carbonyl (C=O) groups is 1. The summed E-state index contributed by atoms with van der Waals surface area (Å²) in [5.74, 6) is 0. The van der Waals surface area contributed by atoms with Crippen LogP contribution >= 0.6 is 0 Å². The van der Waals surface area contributed by atoms with Crippen molar-refractivity contribution in [1.82, 2.24) is 0 Å². The summed E-state index contributed by atoms with van der Waals surface area (Å²) in [5, 5.41) is 0. The lowest BCUT2D eigenvalue weighted by atomic mass is 9.90. The second-order valence-corrected chi connectivity index (χ2v) is 2.81. The quantitative estimate of drug-likeness (QED) is 0.418. The summed E-state index contributed by atoms with van der Waals surface area (Å²) in [4.78, 5) is 10.6. The van der Waals surface area contributed by atoms with E-state index in [-0.39, 0.29) is 0 Å². The molecule has 9 heavy (non-hydrogen) atoms. The first-order valence-electron chi connectivity index (χ1n) is 3.62. The van der Waals surface area contributed by atoms with Crippen LogP contribution in [0.25, 0.3) is 0 Å². The molecule has 0 N–H and O–H groups in total. The van der Waals surface area contributed by atoms with Crippen LogP contribution in [0, 0.1) is 5.41 Å². The third kappa shape index (κ3) is 3.95. The Hall–Kier alpha value is -0.590. The van der Waals surface area contributed by atoms with Gasteiger partial charge in [0, 0.05) is 5.41 Å². The van der Waals surface area contributed by atoms with Crippen LogP contribution in [0.1, 0.15) is 28.1 Å². The lowest BCUT2D eigenvalue weighted by Crippen LogP contribution is -2.11. The largest absolute Gasteiger partial charge is 0.303 e. The highest BCUT2D eigenvalue weighted by Gasteiger charge is 2.13. The summed E-state index contributed by atoms with van der Waals surface area (Å²) in [7, 11) is 0. The first kappa shape index (κ1) is 6.53. The molecule has 0 aliphatic carbocycles. The molecule has 0 aliphatic heterocycles. The van der Waals surface area contributed by atoms with Gasteiger partial charge >= 0.3 is 0 Å². The second-order valence-electron chi connectivity index (χ2n) is 2.81. The van der Waals surface area contributed by atoms with E-state index in [1.165, 1.54) is 0 Å². The van der Waals surface area contributed by atoms with Crippen LogP contribution in [0.15, 0.2) is 12.7 Å². The predicted molar refractivity (Wildman–Crippen MR) is 39.3 cm³/mol. The van der Waals surface area contributed by atoms with Gasteiger partial charge in [0.1, 0.15) is 7.63 Å². The Bertz CT molecular complexity index is 138. The minimum absolute atomic E-state index is 0.491. The Kier molecular flexibility index (Phi) is 2.49. The van der Waals surface area contributed by atoms with E-state index in [9.17, 15) is 4.79 Å². The van der Waals surface area contributed by atoms with Crippen LogP contribution in [-0.4, -0.2) is 6.26 Å². The van der Waals surface area contributed by atoms with Crippen molar-refractivity contribution in [3.63, 3.8) is 0 Å². The Labute approximate surface area is 58.2 Å². The summed E-state index contributed by atoms with van der Waals surface area (Å²) in [5.41, 5.74) is -0.492. The smallest absolute Gasteiger partial charge is 0.125 e. The molecular weight excluding hydrogens is 112 g/mol. The molecule has 0 amide bonds. The zero-order valence-corrected chi connectivity index (χ0v) is 6.11. The minimum atomic E-state index is -0.492. The van der Waals surface area contributed by atoms with E-state index in [0.717, 1.165) is 12.8 Å². The molecular formula is C8H14O. The molecule has 0 aromatic carbocycles. The monoisotopic (exact) mass is 127 g/mol. The highest BCUT2D eigenvalue weighted by molar-refractivity contribution is 5.57. The SMILES string of the molecule is [2H]C(=O)C(C)(C)CCC=C. The zero-order chi connectivity index (χ0) is 8.20. The van der Waals surface area contributed by atoms with Crippen LogP contribution in [0.3, 0.4) is 0 Å². The first-order chi connectivity index (χ1) is 4.50. The van der Waals surface area contributed by atoms with Gasteiger partial charge in [0.15, 0.2) is 0 Å². The molecule has 1 nitrogen and oxygen atoms in total. The van der Waals surface area contributed by atoms with Crippen molar-refractivity contribution in [1.29, 1.82) is 0 Å². The fourth-order valence-corrected chi connectivity index (χ4v) is 0.514. The molecule has 0 aromatic rings. The average molecular weight is 127 g/mol. The van der Waals surface area contributed by atoms with Crippen molar-refractivity contribution < 1.29 is 6.17 Å². The van der Waals surface area contributed by atoms with Gasteiger partial charge < -0.3 is 4.79 Å². The maximum atomic E-state index is 10.6. The Morgan fingerprint density at radius 2 is 2.33 bits per heavy atom. The summed E-state index contributed by atoms with van der Waals surface area (Å²) >= 11 is 0. The van der Waals surface area contributed by atoms with Gasteiger partial charge in [-0.15, -0.1) is 6.58 Å². The molecule has 0 bridgehead atoms. The fourth-order valence-electron chi connectivity index (χ4n) is 0.514. The molecule has 0 aliphatic rings. The molecule has 52 valence electrons. The molecule has 0 radical (unpaired) electrons. The van der Waals surface area contributed by atoms with Gasteiger partial charge in [-0.1, -0.05) is 19.9 Å². The number of hydrogen-bond acceptors (Lipinski definition) is 1. The van der Waals surface area contributed by atoms with Gasteiger partial charge in [0.05, 0.1) is 0 Å². The molecule has 0 unspecified atom stereocenters. The van der Waals surface area contributed by atoms with E-state index in [4.69, 9.17) is 1.37 Å². The van der Waals surface area contributed by atoms with E-state index in [1.54, 1.807) is 19.9 Å². The molecule has 0 aromatic heterocycles. The molecule has 0 spiro atoms. The van der Waals surface area contributed by atoms with E-state index in [0.29, 0.717) is 0 Å². The fraction of sp³-hybridized carbons (Fsp3) is 0.625. The van der Waals surface area contributed by atoms with Crippen molar-refractivity contribution in [3.05, 3.63) is 12.7 Å². The number of aldehydes is 1. The van der Waals surface area contributed by atoms with Gasteiger partial charge in [-0.25, -0.2) is 0 Å². The van der Waals surface area contributed by atoms with E-state index in [2.05, 4.69) is 6.58 Å². The van der Waals surface area contributed by atoms with Crippen molar-refractivity contribution in [3.8, 4) is 0 Å². The normalized spacial score (nSPS) is 12.4. The van der Waals surface area contributed by atoms with Crippen LogP contribution in [-0.2, 0) is 4.79 Å². The minimum Gasteiger partial charge on any atom is -0.303 e. The van der Waals surface area contributed by atoms with Crippen molar-refractivity contribution in [2.75, 3.05) is 0 Å². The molecule has 0 saturated heterocycles. The third-order valence-corrected chi connectivity index (χ3v) is 1.25. The van der Waals surface area contributed by atoms with Gasteiger partial charge in [0.25, 0.3) is 0 Å². The van der Waals surface area contributed by atoms with Gasteiger partial charge in [-0.05, 0) is 12.8 Å². The number of carbonyl (C=O) groups excluding carboxylic acids is 1. The molecule has 0 heterocycles. The summed E-state index contributed by atoms with van der Waals surface area (Å²) in [6.45, 7) is 7.12. The van der Waals surface area contributed by atoms with Crippen LogP contribution in [0.5, 0.6) is 0 Å². The Morgan fingerprint density at radius 1 is 1.78 bits per heavy atom. The van der Waals surface area contributed by atoms with Gasteiger partial charge in [-0.3, -0.25) is 0 Å². The van der Waals surface area contributed by atoms with E-state index >= 15 is 0 Å². The van der Waals surface area contributed by atoms with E-state index < -0.39 is 11.7 Å². The highest BCUT2D eigenvalue weighted by Crippen LogP contribution is 2.18. The molecule has 0 fully saturated rings. The summed E-state index contributed by atoms with van der Waals surface area (Å²) in [6, 6.07) is 0. The predicted octanol–water partition coefficient (Wildman–Crippen LogP) is 2.18. The average Bonchev–Trinajstić information content (AvgIpc) is 1.84.